The first-order chi connectivity index (χ1) is 49.8. The van der Waals surface area contributed by atoms with Crippen molar-refractivity contribution in [3.05, 3.63) is 401 Å². The topological polar surface area (TPSA) is 243 Å². The van der Waals surface area contributed by atoms with Crippen LogP contribution in [0.1, 0.15) is 83.5 Å². The minimum atomic E-state index is -0.325. The number of hydrogen-bond acceptors (Lipinski definition) is 10. The van der Waals surface area contributed by atoms with Crippen LogP contribution in [0.4, 0.5) is 51.2 Å². The lowest BCUT2D eigenvalue weighted by Crippen LogP contribution is -2.28. The number of hydrogen-bond donors (Lipinski definition) is 9. The molecule has 0 fully saturated rings. The molecule has 0 bridgehead atoms. The highest BCUT2D eigenvalue weighted by Gasteiger charge is 2.45. The largest absolute Gasteiger partial charge is 0.457 e. The van der Waals surface area contributed by atoms with Crippen LogP contribution in [0.2, 0.25) is 0 Å². The van der Waals surface area contributed by atoms with Gasteiger partial charge in [-0.1, -0.05) is 281 Å². The third kappa shape index (κ3) is 21.0. The van der Waals surface area contributed by atoms with E-state index < -0.39 is 0 Å². The summed E-state index contributed by atoms with van der Waals surface area (Å²) in [6, 6.07) is 114. The van der Waals surface area contributed by atoms with E-state index in [2.05, 4.69) is 166 Å². The lowest BCUT2D eigenvalue weighted by Gasteiger charge is -2.34. The third-order valence-electron chi connectivity index (χ3n) is 17.8. The third-order valence-corrected chi connectivity index (χ3v) is 17.8. The maximum Gasteiger partial charge on any atom is 0.127 e. The monoisotopic (exact) mass is 1400 g/mol. The fourth-order valence-corrected chi connectivity index (χ4v) is 12.1. The Morgan fingerprint density at radius 1 is 0.255 bits per heavy atom. The minimum Gasteiger partial charge on any atom is -0.457 e. The Labute approximate surface area is 628 Å². The lowest BCUT2D eigenvalue weighted by molar-refractivity contribution is 0.482. The SMILES string of the molecule is C.C.C.Cc1ccc(-c2ccc(N)cc2)cc1.Cc1ccc(C2(c3ccc(N)cc3)c3ccccc3-c3ccccc32)cc1.Cc1ccc(Cc2ccc(N)cc2)cc1.Cc1ccc(N)cc1.Cc1ccc(Oc2ccc(N)cc2)cc1.Nc1ccc(N)c2ccccc12.Nc1cccc2cccc(N)c12. The molecule has 15 aromatic rings. The van der Waals surface area contributed by atoms with Crippen LogP contribution >= 0.6 is 0 Å². The number of nitrogens with two attached hydrogens (primary N) is 9. The molecule has 538 valence electrons. The van der Waals surface area contributed by atoms with Gasteiger partial charge >= 0.3 is 0 Å². The normalized spacial score (nSPS) is 10.7. The Morgan fingerprint density at radius 3 is 0.934 bits per heavy atom. The van der Waals surface area contributed by atoms with Crippen molar-refractivity contribution >= 4 is 72.7 Å². The first-order valence-electron chi connectivity index (χ1n) is 34.2. The summed E-state index contributed by atoms with van der Waals surface area (Å²) in [6.45, 7) is 10.4. The van der Waals surface area contributed by atoms with Gasteiger partial charge in [-0.3, -0.25) is 0 Å². The summed E-state index contributed by atoms with van der Waals surface area (Å²) < 4.78 is 5.63. The zero-order valence-electron chi connectivity index (χ0n) is 59.1. The van der Waals surface area contributed by atoms with Crippen LogP contribution in [0.5, 0.6) is 11.5 Å². The van der Waals surface area contributed by atoms with Gasteiger partial charge in [0.2, 0.25) is 0 Å². The van der Waals surface area contributed by atoms with Crippen molar-refractivity contribution in [2.75, 3.05) is 51.6 Å². The molecule has 0 unspecified atom stereocenters. The fourth-order valence-electron chi connectivity index (χ4n) is 12.1. The summed E-state index contributed by atoms with van der Waals surface area (Å²) in [6.07, 6.45) is 0.973. The molecule has 15 aromatic carbocycles. The quantitative estimate of drug-likeness (QED) is 0.0684. The van der Waals surface area contributed by atoms with Gasteiger partial charge in [-0.2, -0.15) is 0 Å². The Kier molecular flexibility index (Phi) is 28.9. The predicted molar refractivity (Wildman–Crippen MR) is 462 cm³/mol. The van der Waals surface area contributed by atoms with Crippen molar-refractivity contribution < 1.29 is 4.74 Å². The zero-order valence-corrected chi connectivity index (χ0v) is 59.1. The second-order valence-corrected chi connectivity index (χ2v) is 25.7. The number of fused-ring (bicyclic) bond motifs is 5. The Hall–Kier alpha value is -13.2. The van der Waals surface area contributed by atoms with Crippen molar-refractivity contribution in [1.82, 2.24) is 0 Å². The van der Waals surface area contributed by atoms with Gasteiger partial charge in [0.25, 0.3) is 0 Å². The molecule has 0 aliphatic heterocycles. The van der Waals surface area contributed by atoms with E-state index in [1.54, 1.807) is 0 Å². The number of aryl methyl sites for hydroxylation is 5. The van der Waals surface area contributed by atoms with Crippen LogP contribution in [0.25, 0.3) is 43.8 Å². The maximum absolute atomic E-state index is 6.02. The first kappa shape index (κ1) is 80.1. The van der Waals surface area contributed by atoms with Crippen molar-refractivity contribution in [2.24, 2.45) is 0 Å². The number of nitrogen functional groups attached to an aromatic ring is 9. The van der Waals surface area contributed by atoms with Crippen molar-refractivity contribution in [3.63, 3.8) is 0 Å². The molecule has 1 aliphatic carbocycles. The molecular formula is C96H103N9O. The molecule has 18 N–H and O–H groups in total. The molecule has 10 heteroatoms. The van der Waals surface area contributed by atoms with Crippen LogP contribution in [-0.2, 0) is 11.8 Å². The van der Waals surface area contributed by atoms with Crippen molar-refractivity contribution in [1.29, 1.82) is 0 Å². The Morgan fingerprint density at radius 2 is 0.538 bits per heavy atom. The molecule has 106 heavy (non-hydrogen) atoms. The molecule has 1 aliphatic rings. The summed E-state index contributed by atoms with van der Waals surface area (Å²) in [5, 5.41) is 4.10. The van der Waals surface area contributed by atoms with E-state index >= 15 is 0 Å². The number of benzene rings is 15. The molecular weight excluding hydrogens is 1300 g/mol. The number of anilines is 9. The van der Waals surface area contributed by atoms with Gasteiger partial charge in [-0.05, 0) is 211 Å². The number of rotatable bonds is 7. The van der Waals surface area contributed by atoms with Crippen LogP contribution in [-0.4, -0.2) is 0 Å². The van der Waals surface area contributed by atoms with E-state index in [4.69, 9.17) is 56.3 Å². The molecule has 10 nitrogen and oxygen atoms in total. The van der Waals surface area contributed by atoms with E-state index in [9.17, 15) is 0 Å². The second kappa shape index (κ2) is 38.2. The Balaban J connectivity index is 0.000000177. The van der Waals surface area contributed by atoms with E-state index in [0.717, 1.165) is 90.7 Å². The fraction of sp³-hybridized carbons (Fsp3) is 0.104. The standard InChI is InChI=1S/C26H21N.C14H15N.C13H13NO.C13H13N.2C10H10N2.C7H9N.3CH4/c1-18-10-12-19(13-11-18)26(20-14-16-21(27)17-15-20)24-8-4-2-6-22(24)23-7-3-5-9-25(23)26;1-11-2-4-12(5-3-11)10-13-6-8-14(15)9-7-13;1-10-2-6-12(7-3-10)15-13-8-4-11(14)5-9-13;1-10-2-4-11(5-3-10)12-6-8-13(14)9-7-12;11-8-5-1-3-7-4-2-6-9(12)10(7)8;11-9-5-6-10(12)8-4-2-1-3-7(8)9;1-6-2-4-7(8)5-3-6;;;/h2-17H,27H2,1H3;2-9H,10,15H2,1H3;2-9H,14H2,1H3;2-9H,14H2,1H3;2*1-6H,11-12H2;2-5H,8H2,1H3;3*1H4. The highest BCUT2D eigenvalue weighted by molar-refractivity contribution is 6.02. The molecule has 0 radical (unpaired) electrons. The molecule has 16 rings (SSSR count). The molecule has 0 saturated heterocycles. The van der Waals surface area contributed by atoms with Crippen LogP contribution in [0.3, 0.4) is 0 Å². The lowest BCUT2D eigenvalue weighted by atomic mass is 9.67. The molecule has 0 atom stereocenters. The van der Waals surface area contributed by atoms with E-state index in [-0.39, 0.29) is 27.7 Å². The van der Waals surface area contributed by atoms with Crippen LogP contribution in [0, 0.1) is 34.6 Å². The number of ether oxygens (including phenoxy) is 1. The van der Waals surface area contributed by atoms with Gasteiger partial charge in [0.15, 0.2) is 0 Å². The van der Waals surface area contributed by atoms with Gasteiger partial charge in [-0.15, -0.1) is 0 Å². The molecule has 0 aromatic heterocycles. The summed E-state index contributed by atoms with van der Waals surface area (Å²) in [7, 11) is 0. The summed E-state index contributed by atoms with van der Waals surface area (Å²) in [4.78, 5) is 0. The average molecular weight is 1400 g/mol. The Bertz CT molecular complexity index is 4770. The van der Waals surface area contributed by atoms with E-state index in [1.807, 2.05) is 208 Å². The van der Waals surface area contributed by atoms with E-state index in [1.165, 1.54) is 83.5 Å². The average Bonchev–Trinajstić information content (AvgIpc) is 1.53. The molecule has 0 saturated carbocycles. The maximum atomic E-state index is 6.02. The van der Waals surface area contributed by atoms with Crippen molar-refractivity contribution in [3.8, 4) is 33.8 Å². The highest BCUT2D eigenvalue weighted by atomic mass is 16.5. The second-order valence-electron chi connectivity index (χ2n) is 25.7. The summed E-state index contributed by atoms with van der Waals surface area (Å²) in [5.74, 6) is 1.64. The summed E-state index contributed by atoms with van der Waals surface area (Å²) >= 11 is 0. The predicted octanol–water partition coefficient (Wildman–Crippen LogP) is 23.2. The van der Waals surface area contributed by atoms with Gasteiger partial charge in [0.1, 0.15) is 11.5 Å². The van der Waals surface area contributed by atoms with E-state index in [0.29, 0.717) is 0 Å². The van der Waals surface area contributed by atoms with Gasteiger partial charge in [0.05, 0.1) is 5.41 Å². The molecule has 0 amide bonds. The first-order valence-corrected chi connectivity index (χ1v) is 34.2. The summed E-state index contributed by atoms with van der Waals surface area (Å²) in [5.41, 5.74) is 77.3. The van der Waals surface area contributed by atoms with Gasteiger partial charge in [0, 0.05) is 67.3 Å². The van der Waals surface area contributed by atoms with Crippen LogP contribution < -0.4 is 56.3 Å². The van der Waals surface area contributed by atoms with Gasteiger partial charge in [-0.25, -0.2) is 0 Å². The van der Waals surface area contributed by atoms with Gasteiger partial charge < -0.3 is 56.3 Å². The highest BCUT2D eigenvalue weighted by Crippen LogP contribution is 2.56. The smallest absolute Gasteiger partial charge is 0.127 e. The molecule has 0 spiro atoms. The molecule has 0 heterocycles. The minimum absolute atomic E-state index is 0. The zero-order chi connectivity index (χ0) is 72.8. The van der Waals surface area contributed by atoms with Crippen LogP contribution in [0.15, 0.2) is 340 Å². The van der Waals surface area contributed by atoms with Crippen molar-refractivity contribution in [2.45, 2.75) is 68.7 Å².